The zero-order valence-electron chi connectivity index (χ0n) is 28.2. The quantitative estimate of drug-likeness (QED) is 0.0785. The average molecular weight is 663 g/mol. The van der Waals surface area contributed by atoms with Crippen LogP contribution in [0.4, 0.5) is 5.69 Å². The van der Waals surface area contributed by atoms with Crippen LogP contribution in [-0.4, -0.2) is 86.7 Å². The largest absolute Gasteiger partial charge is 0.461 e. The first-order chi connectivity index (χ1) is 22.2. The molecule has 47 heavy (non-hydrogen) atoms. The summed E-state index contributed by atoms with van der Waals surface area (Å²) in [5, 5.41) is 12.8. The molecule has 0 spiro atoms. The lowest BCUT2D eigenvalue weighted by Gasteiger charge is -2.21. The van der Waals surface area contributed by atoms with Crippen LogP contribution >= 0.6 is 0 Å². The molecule has 1 aromatic carbocycles. The van der Waals surface area contributed by atoms with E-state index in [2.05, 4.69) is 26.6 Å². The van der Waals surface area contributed by atoms with Gasteiger partial charge in [0.05, 0.1) is 32.2 Å². The lowest BCUT2D eigenvalue weighted by Crippen LogP contribution is -2.52. The van der Waals surface area contributed by atoms with E-state index >= 15 is 0 Å². The Labute approximate surface area is 275 Å². The first kappa shape index (κ1) is 40.7. The fraction of sp³-hybridized carbons (Fsp3) is 0.594. The third-order valence-electron chi connectivity index (χ3n) is 6.65. The van der Waals surface area contributed by atoms with Crippen LogP contribution in [0.1, 0.15) is 70.3 Å². The number of hydrogen-bond donors (Lipinski definition) is 6. The number of carbonyl (C=O) groups excluding carboxylic acids is 7. The van der Waals surface area contributed by atoms with Crippen LogP contribution in [0.5, 0.6) is 0 Å². The summed E-state index contributed by atoms with van der Waals surface area (Å²) in [6, 6.07) is 3.52. The Morgan fingerprint density at radius 2 is 1.45 bits per heavy atom. The zero-order chi connectivity index (χ0) is 35.5. The van der Waals surface area contributed by atoms with Crippen molar-refractivity contribution in [3.8, 4) is 0 Å². The van der Waals surface area contributed by atoms with Gasteiger partial charge in [0.1, 0.15) is 18.4 Å². The van der Waals surface area contributed by atoms with Gasteiger partial charge in [-0.3, -0.25) is 33.6 Å². The third-order valence-corrected chi connectivity index (χ3v) is 6.65. The van der Waals surface area contributed by atoms with Crippen LogP contribution in [-0.2, 0) is 44.8 Å². The zero-order valence-corrected chi connectivity index (χ0v) is 28.2. The first-order valence-electron chi connectivity index (χ1n) is 15.7. The number of carbonyl (C=O) groups is 7. The number of hydrogen-bond acceptors (Lipinski definition) is 10. The van der Waals surface area contributed by atoms with E-state index in [0.717, 1.165) is 0 Å². The molecular weight excluding hydrogens is 612 g/mol. The van der Waals surface area contributed by atoms with Gasteiger partial charge in [-0.1, -0.05) is 47.6 Å². The summed E-state index contributed by atoms with van der Waals surface area (Å²) in [6.07, 6.45) is 0.267. The van der Waals surface area contributed by atoms with E-state index in [1.54, 1.807) is 47.6 Å². The second-order valence-corrected chi connectivity index (χ2v) is 11.7. The molecule has 0 radical (unpaired) electrons. The van der Waals surface area contributed by atoms with Gasteiger partial charge in [-0.25, -0.2) is 0 Å². The number of ether oxygens (including phenoxy) is 2. The Kier molecular flexibility index (Phi) is 18.5. The highest BCUT2D eigenvalue weighted by Gasteiger charge is 2.25. The van der Waals surface area contributed by atoms with Gasteiger partial charge in [0, 0.05) is 48.7 Å². The smallest absolute Gasteiger partial charge is 0.308 e. The van der Waals surface area contributed by atoms with Crippen LogP contribution in [0.25, 0.3) is 0 Å². The number of ketones is 1. The Bertz CT molecular complexity index is 1250. The molecule has 0 heterocycles. The second-order valence-electron chi connectivity index (χ2n) is 11.7. The standard InChI is InChI=1S/C32H50N6O9/c1-19(2)25(39)9-13-46-14-10-26(40)35-16-28(42)38-29(20(3)4)31(44)36-17-27(41)37-23-8-7-22(18-47-32(45)21(5)6)24(15-23)30(43)34-12-11-33/h7-8,15,19-21,29H,9-14,16-18,33H2,1-6H3,(H,34,43)(H,35,40)(H,36,44)(H,37,41)(H,38,42). The summed E-state index contributed by atoms with van der Waals surface area (Å²) in [6.45, 7) is 10.2. The minimum atomic E-state index is -0.986. The molecule has 1 aromatic rings. The normalized spacial score (nSPS) is 11.5. The van der Waals surface area contributed by atoms with Gasteiger partial charge in [0.15, 0.2) is 0 Å². The van der Waals surface area contributed by atoms with E-state index in [9.17, 15) is 33.6 Å². The summed E-state index contributed by atoms with van der Waals surface area (Å²) < 4.78 is 10.6. The van der Waals surface area contributed by atoms with E-state index in [0.29, 0.717) is 5.56 Å². The van der Waals surface area contributed by atoms with Gasteiger partial charge >= 0.3 is 5.97 Å². The van der Waals surface area contributed by atoms with Crippen molar-refractivity contribution < 1.29 is 43.0 Å². The van der Waals surface area contributed by atoms with Crippen molar-refractivity contribution >= 4 is 47.0 Å². The van der Waals surface area contributed by atoms with Gasteiger partial charge < -0.3 is 41.8 Å². The SMILES string of the molecule is CC(C)C(=O)CCOCCC(=O)NCC(=O)NC(C(=O)NCC(=O)Nc1ccc(COC(=O)C(C)C)c(C(=O)NCCN)c1)C(C)C. The fourth-order valence-electron chi connectivity index (χ4n) is 3.83. The molecule has 0 bridgehead atoms. The minimum Gasteiger partial charge on any atom is -0.461 e. The molecule has 0 aliphatic heterocycles. The van der Waals surface area contributed by atoms with Crippen molar-refractivity contribution in [3.05, 3.63) is 29.3 Å². The Balaban J connectivity index is 2.65. The maximum Gasteiger partial charge on any atom is 0.308 e. The molecule has 5 amide bonds. The highest BCUT2D eigenvalue weighted by molar-refractivity contribution is 6.00. The summed E-state index contributed by atoms with van der Waals surface area (Å²) in [4.78, 5) is 86.2. The van der Waals surface area contributed by atoms with Crippen molar-refractivity contribution in [1.29, 1.82) is 0 Å². The molecule has 0 aromatic heterocycles. The number of amides is 5. The van der Waals surface area contributed by atoms with Gasteiger partial charge in [0.25, 0.3) is 5.91 Å². The maximum atomic E-state index is 12.8. The highest BCUT2D eigenvalue weighted by Crippen LogP contribution is 2.18. The second kappa shape index (κ2) is 21.4. The topological polar surface area (TPSA) is 224 Å². The number of nitrogens with one attached hydrogen (secondary N) is 5. The van der Waals surface area contributed by atoms with Gasteiger partial charge in [-0.2, -0.15) is 0 Å². The number of Topliss-reactive ketones (excluding diaryl/α,β-unsaturated/α-hetero) is 1. The number of rotatable bonds is 21. The predicted octanol–water partition coefficient (Wildman–Crippen LogP) is 0.408. The van der Waals surface area contributed by atoms with Crippen LogP contribution < -0.4 is 32.3 Å². The van der Waals surface area contributed by atoms with E-state index < -0.39 is 48.1 Å². The third kappa shape index (κ3) is 16.1. The number of esters is 1. The van der Waals surface area contributed by atoms with Gasteiger partial charge in [-0.05, 0) is 18.1 Å². The molecule has 15 nitrogen and oxygen atoms in total. The summed E-state index contributed by atoms with van der Waals surface area (Å²) in [7, 11) is 0. The van der Waals surface area contributed by atoms with Crippen LogP contribution in [0.3, 0.4) is 0 Å². The number of nitrogens with two attached hydrogens (primary N) is 1. The monoisotopic (exact) mass is 662 g/mol. The van der Waals surface area contributed by atoms with Crippen LogP contribution in [0, 0.1) is 17.8 Å². The Hall–Kier alpha value is -4.37. The minimum absolute atomic E-state index is 0.000531. The molecule has 262 valence electrons. The van der Waals surface area contributed by atoms with Crippen LogP contribution in [0.2, 0.25) is 0 Å². The molecule has 1 unspecified atom stereocenters. The summed E-state index contributed by atoms with van der Waals surface area (Å²) in [5.41, 5.74) is 6.35. The highest BCUT2D eigenvalue weighted by atomic mass is 16.5. The summed E-state index contributed by atoms with van der Waals surface area (Å²) >= 11 is 0. The Morgan fingerprint density at radius 1 is 0.787 bits per heavy atom. The number of benzene rings is 1. The van der Waals surface area contributed by atoms with Gasteiger partial charge in [-0.15, -0.1) is 0 Å². The van der Waals surface area contributed by atoms with E-state index in [1.807, 2.05) is 0 Å². The van der Waals surface area contributed by atoms with Crippen molar-refractivity contribution in [1.82, 2.24) is 21.3 Å². The molecule has 0 fully saturated rings. The average Bonchev–Trinajstić information content (AvgIpc) is 3.02. The van der Waals surface area contributed by atoms with Crippen molar-refractivity contribution in [2.45, 2.75) is 67.0 Å². The molecule has 1 atom stereocenters. The lowest BCUT2D eigenvalue weighted by molar-refractivity contribution is -0.148. The van der Waals surface area contributed by atoms with E-state index in [-0.39, 0.29) is 87.1 Å². The molecule has 15 heteroatoms. The molecule has 0 aliphatic rings. The van der Waals surface area contributed by atoms with Gasteiger partial charge in [0.2, 0.25) is 23.6 Å². The molecule has 0 aliphatic carbocycles. The van der Waals surface area contributed by atoms with E-state index in [1.165, 1.54) is 12.1 Å². The first-order valence-corrected chi connectivity index (χ1v) is 15.7. The van der Waals surface area contributed by atoms with Crippen LogP contribution in [0.15, 0.2) is 18.2 Å². The van der Waals surface area contributed by atoms with E-state index in [4.69, 9.17) is 15.2 Å². The molecule has 0 saturated heterocycles. The van der Waals surface area contributed by atoms with Crippen molar-refractivity contribution in [2.75, 3.05) is 44.7 Å². The number of anilines is 1. The van der Waals surface area contributed by atoms with Crippen molar-refractivity contribution in [3.63, 3.8) is 0 Å². The lowest BCUT2D eigenvalue weighted by atomic mass is 10.0. The predicted molar refractivity (Wildman–Crippen MR) is 174 cm³/mol. The molecular formula is C32H50N6O9. The molecule has 7 N–H and O–H groups in total. The molecule has 0 saturated carbocycles. The molecule has 1 rings (SSSR count). The summed E-state index contributed by atoms with van der Waals surface area (Å²) in [5.74, 6) is -3.82. The Morgan fingerprint density at radius 3 is 2.06 bits per heavy atom. The van der Waals surface area contributed by atoms with Crippen molar-refractivity contribution in [2.24, 2.45) is 23.5 Å². The maximum absolute atomic E-state index is 12.8. The fourth-order valence-corrected chi connectivity index (χ4v) is 3.83.